The van der Waals surface area contributed by atoms with Gasteiger partial charge in [0.05, 0.1) is 19.3 Å². The molecule has 0 unspecified atom stereocenters. The van der Waals surface area contributed by atoms with Crippen molar-refractivity contribution in [3.8, 4) is 5.75 Å². The molecule has 3 rings (SSSR count). The van der Waals surface area contributed by atoms with Gasteiger partial charge >= 0.3 is 0 Å². The molecule has 0 saturated carbocycles. The summed E-state index contributed by atoms with van der Waals surface area (Å²) in [6.07, 6.45) is 4.56. The second-order valence-corrected chi connectivity index (χ2v) is 7.26. The number of sulfonamides is 1. The van der Waals surface area contributed by atoms with Crippen molar-refractivity contribution >= 4 is 10.0 Å². The van der Waals surface area contributed by atoms with Crippen LogP contribution in [0.5, 0.6) is 5.75 Å². The van der Waals surface area contributed by atoms with Crippen molar-refractivity contribution in [2.45, 2.75) is 23.8 Å². The summed E-state index contributed by atoms with van der Waals surface area (Å²) >= 11 is 0. The number of aromatic nitrogens is 2. The monoisotopic (exact) mass is 321 g/mol. The van der Waals surface area contributed by atoms with Crippen LogP contribution in [0.1, 0.15) is 24.4 Å². The molecule has 1 saturated heterocycles. The van der Waals surface area contributed by atoms with Gasteiger partial charge in [0.25, 0.3) is 0 Å². The molecular formula is C15H19N3O3S. The molecule has 7 heteroatoms. The fourth-order valence-corrected chi connectivity index (χ4v) is 4.61. The van der Waals surface area contributed by atoms with E-state index in [0.717, 1.165) is 24.2 Å². The van der Waals surface area contributed by atoms with Crippen LogP contribution in [-0.4, -0.2) is 36.2 Å². The van der Waals surface area contributed by atoms with Crippen LogP contribution in [-0.2, 0) is 17.1 Å². The van der Waals surface area contributed by atoms with Gasteiger partial charge in [-0.1, -0.05) is 18.2 Å². The predicted octanol–water partition coefficient (Wildman–Crippen LogP) is 1.95. The minimum absolute atomic E-state index is 0.193. The lowest BCUT2D eigenvalue weighted by atomic mass is 10.0. The van der Waals surface area contributed by atoms with Gasteiger partial charge in [-0.25, -0.2) is 8.42 Å². The molecule has 1 aliphatic rings. The van der Waals surface area contributed by atoms with Gasteiger partial charge in [-0.15, -0.1) is 0 Å². The van der Waals surface area contributed by atoms with E-state index in [2.05, 4.69) is 5.10 Å². The van der Waals surface area contributed by atoms with Gasteiger partial charge in [-0.2, -0.15) is 9.40 Å². The Balaban J connectivity index is 2.00. The molecular weight excluding hydrogens is 302 g/mol. The first-order valence-electron chi connectivity index (χ1n) is 7.17. The maximum Gasteiger partial charge on any atom is 0.246 e. The highest BCUT2D eigenvalue weighted by atomic mass is 32.2. The third-order valence-corrected chi connectivity index (χ3v) is 5.85. The highest BCUT2D eigenvalue weighted by Crippen LogP contribution is 2.39. The van der Waals surface area contributed by atoms with Crippen LogP contribution in [0.2, 0.25) is 0 Å². The fraction of sp³-hybridized carbons (Fsp3) is 0.400. The second-order valence-electron chi connectivity index (χ2n) is 5.37. The summed E-state index contributed by atoms with van der Waals surface area (Å²) in [5, 5.41) is 3.97. The highest BCUT2D eigenvalue weighted by molar-refractivity contribution is 7.89. The first kappa shape index (κ1) is 15.1. The van der Waals surface area contributed by atoms with Gasteiger partial charge in [0, 0.05) is 25.4 Å². The van der Waals surface area contributed by atoms with Crippen molar-refractivity contribution in [2.24, 2.45) is 7.05 Å². The van der Waals surface area contributed by atoms with Crippen molar-refractivity contribution < 1.29 is 13.2 Å². The van der Waals surface area contributed by atoms with Gasteiger partial charge in [0.2, 0.25) is 10.0 Å². The third kappa shape index (κ3) is 2.50. The molecule has 0 amide bonds. The van der Waals surface area contributed by atoms with E-state index in [9.17, 15) is 8.42 Å². The number of nitrogens with zero attached hydrogens (tertiary/aromatic N) is 3. The standard InChI is InChI=1S/C15H19N3O3S/c1-17-11-12(10-16-17)22(19,20)18-9-5-7-14(18)13-6-3-4-8-15(13)21-2/h3-4,6,8,10-11,14H,5,7,9H2,1-2H3/t14-/m0/s1. The number of rotatable bonds is 4. The third-order valence-electron chi connectivity index (χ3n) is 3.99. The van der Waals surface area contributed by atoms with Crippen LogP contribution in [0, 0.1) is 0 Å². The molecule has 2 heterocycles. The quantitative estimate of drug-likeness (QED) is 0.863. The van der Waals surface area contributed by atoms with Crippen LogP contribution in [0.3, 0.4) is 0 Å². The van der Waals surface area contributed by atoms with E-state index in [1.54, 1.807) is 18.5 Å². The Morgan fingerprint density at radius 2 is 2.09 bits per heavy atom. The zero-order valence-electron chi connectivity index (χ0n) is 12.6. The molecule has 118 valence electrons. The Bertz CT molecular complexity index is 770. The molecule has 0 aliphatic carbocycles. The summed E-state index contributed by atoms with van der Waals surface area (Å²) in [7, 11) is -0.232. The van der Waals surface area contributed by atoms with Gasteiger partial charge in [0.1, 0.15) is 10.6 Å². The van der Waals surface area contributed by atoms with Gasteiger partial charge in [-0.3, -0.25) is 4.68 Å². The molecule has 1 aromatic heterocycles. The Morgan fingerprint density at radius 3 is 2.77 bits per heavy atom. The number of hydrogen-bond acceptors (Lipinski definition) is 4. The summed E-state index contributed by atoms with van der Waals surface area (Å²) in [5.41, 5.74) is 0.912. The van der Waals surface area contributed by atoms with Crippen LogP contribution in [0.15, 0.2) is 41.6 Å². The predicted molar refractivity (Wildman–Crippen MR) is 82.1 cm³/mol. The number of ether oxygens (including phenoxy) is 1. The Labute approximate surface area is 130 Å². The molecule has 0 spiro atoms. The Morgan fingerprint density at radius 1 is 1.32 bits per heavy atom. The average molecular weight is 321 g/mol. The topological polar surface area (TPSA) is 64.4 Å². The number of methoxy groups -OCH3 is 1. The van der Waals surface area contributed by atoms with Gasteiger partial charge in [-0.05, 0) is 18.9 Å². The molecule has 1 fully saturated rings. The van der Waals surface area contributed by atoms with Crippen LogP contribution in [0.25, 0.3) is 0 Å². The minimum atomic E-state index is -3.55. The lowest BCUT2D eigenvalue weighted by Crippen LogP contribution is -2.30. The Hall–Kier alpha value is -1.86. The van der Waals surface area contributed by atoms with Gasteiger partial charge in [0.15, 0.2) is 0 Å². The van der Waals surface area contributed by atoms with E-state index in [1.165, 1.54) is 17.1 Å². The first-order chi connectivity index (χ1) is 10.5. The average Bonchev–Trinajstić information content (AvgIpc) is 3.16. The van der Waals surface area contributed by atoms with E-state index >= 15 is 0 Å². The fourth-order valence-electron chi connectivity index (χ4n) is 2.95. The smallest absolute Gasteiger partial charge is 0.246 e. The molecule has 1 aromatic carbocycles. The zero-order valence-corrected chi connectivity index (χ0v) is 13.5. The number of benzene rings is 1. The molecule has 22 heavy (non-hydrogen) atoms. The SMILES string of the molecule is COc1ccccc1[C@@H]1CCCN1S(=O)(=O)c1cnn(C)c1. The van der Waals surface area contributed by atoms with E-state index in [4.69, 9.17) is 4.74 Å². The van der Waals surface area contributed by atoms with Crippen molar-refractivity contribution in [1.29, 1.82) is 0 Å². The Kier molecular flexibility index (Phi) is 3.92. The number of hydrogen-bond donors (Lipinski definition) is 0. The summed E-state index contributed by atoms with van der Waals surface area (Å²) < 4.78 is 34.2. The molecule has 0 N–H and O–H groups in total. The van der Waals surface area contributed by atoms with Crippen molar-refractivity contribution in [1.82, 2.24) is 14.1 Å². The highest BCUT2D eigenvalue weighted by Gasteiger charge is 2.37. The van der Waals surface area contributed by atoms with Crippen molar-refractivity contribution in [3.63, 3.8) is 0 Å². The van der Waals surface area contributed by atoms with E-state index in [0.29, 0.717) is 6.54 Å². The maximum atomic E-state index is 12.9. The lowest BCUT2D eigenvalue weighted by Gasteiger charge is -2.25. The summed E-state index contributed by atoms with van der Waals surface area (Å²) in [6.45, 7) is 0.514. The molecule has 0 radical (unpaired) electrons. The molecule has 1 atom stereocenters. The lowest BCUT2D eigenvalue weighted by molar-refractivity contribution is 0.366. The van der Waals surface area contributed by atoms with E-state index < -0.39 is 10.0 Å². The van der Waals surface area contributed by atoms with Crippen molar-refractivity contribution in [2.75, 3.05) is 13.7 Å². The largest absolute Gasteiger partial charge is 0.496 e. The molecule has 0 bridgehead atoms. The number of para-hydroxylation sites is 1. The summed E-state index contributed by atoms with van der Waals surface area (Å²) in [4.78, 5) is 0.233. The van der Waals surface area contributed by atoms with Gasteiger partial charge < -0.3 is 4.74 Å². The van der Waals surface area contributed by atoms with Crippen LogP contribution < -0.4 is 4.74 Å². The minimum Gasteiger partial charge on any atom is -0.496 e. The van der Waals surface area contributed by atoms with E-state index in [-0.39, 0.29) is 10.9 Å². The second kappa shape index (κ2) is 5.73. The molecule has 2 aromatic rings. The summed E-state index contributed by atoms with van der Waals surface area (Å²) in [5.74, 6) is 0.723. The van der Waals surface area contributed by atoms with E-state index in [1.807, 2.05) is 24.3 Å². The molecule has 6 nitrogen and oxygen atoms in total. The normalized spacial score (nSPS) is 19.5. The summed E-state index contributed by atoms with van der Waals surface area (Å²) in [6, 6.07) is 7.40. The first-order valence-corrected chi connectivity index (χ1v) is 8.61. The van der Waals surface area contributed by atoms with Crippen LogP contribution >= 0.6 is 0 Å². The van der Waals surface area contributed by atoms with Crippen molar-refractivity contribution in [3.05, 3.63) is 42.2 Å². The van der Waals surface area contributed by atoms with Crippen LogP contribution in [0.4, 0.5) is 0 Å². The maximum absolute atomic E-state index is 12.9. The molecule has 1 aliphatic heterocycles. The zero-order chi connectivity index (χ0) is 15.7. The number of aryl methyl sites for hydroxylation is 1.